The van der Waals surface area contributed by atoms with Crippen LogP contribution in [0.15, 0.2) is 0 Å². The minimum absolute atomic E-state index is 1.12. The zero-order valence-corrected chi connectivity index (χ0v) is 13.3. The Morgan fingerprint density at radius 2 is 1.40 bits per heavy atom. The first kappa shape index (κ1) is 15.1. The monoisotopic (exact) mass is 231 g/mol. The van der Waals surface area contributed by atoms with E-state index in [-0.39, 0.29) is 0 Å². The van der Waals surface area contributed by atoms with E-state index in [1.54, 1.807) is 0 Å². The van der Waals surface area contributed by atoms with Gasteiger partial charge in [-0.2, -0.15) is 0 Å². The first-order valence-corrected chi connectivity index (χ1v) is 7.99. The molecule has 0 heterocycles. The fourth-order valence-corrected chi connectivity index (χ4v) is 2.07. The fraction of sp³-hybridized carbons (Fsp3) is 1.00. The molecule has 2 nitrogen and oxygen atoms in total. The van der Waals surface area contributed by atoms with Crippen molar-refractivity contribution in [3.8, 4) is 0 Å². The van der Waals surface area contributed by atoms with Crippen LogP contribution in [-0.4, -0.2) is 55.1 Å². The highest BCUT2D eigenvalue weighted by molar-refractivity contribution is 6.08. The molecule has 0 aliphatic heterocycles. The zero-order chi connectivity index (χ0) is 11.6. The summed E-state index contributed by atoms with van der Waals surface area (Å²) in [4.78, 5) is 0. The van der Waals surface area contributed by atoms with E-state index in [4.69, 9.17) is 0 Å². The number of hydrogen-bond acceptors (Lipinski definition) is 1. The molecule has 0 rings (SSSR count). The summed E-state index contributed by atoms with van der Waals surface area (Å²) in [5, 5.41) is 3.43. The summed E-state index contributed by atoms with van der Waals surface area (Å²) in [5.41, 5.74) is 0. The van der Waals surface area contributed by atoms with Crippen LogP contribution in [0.3, 0.4) is 0 Å². The number of unbranched alkanes of at least 4 members (excludes halogenated alkanes) is 5. The molecule has 0 aliphatic rings. The molecule has 15 heavy (non-hydrogen) atoms. The summed E-state index contributed by atoms with van der Waals surface area (Å²) in [5.74, 6) is 0. The third kappa shape index (κ3) is 14.1. The number of nitrogens with zero attached hydrogens (tertiary/aromatic N) is 1. The molecule has 0 aliphatic carbocycles. The molecule has 0 saturated heterocycles. The van der Waals surface area contributed by atoms with Gasteiger partial charge in [0.15, 0.2) is 0 Å². The molecular formula is C12H31N2Si+. The number of nitrogens with one attached hydrogen (secondary N) is 1. The van der Waals surface area contributed by atoms with Gasteiger partial charge in [-0.05, 0) is 32.0 Å². The van der Waals surface area contributed by atoms with Crippen LogP contribution in [0.2, 0.25) is 0 Å². The average molecular weight is 231 g/mol. The molecule has 0 unspecified atom stereocenters. The summed E-state index contributed by atoms with van der Waals surface area (Å²) in [6.45, 7) is 2.56. The van der Waals surface area contributed by atoms with Gasteiger partial charge in [0.05, 0.1) is 27.7 Å². The summed E-state index contributed by atoms with van der Waals surface area (Å²) in [6.07, 6.45) is 9.72. The maximum Gasteiger partial charge on any atom is 0.0780 e. The van der Waals surface area contributed by atoms with Crippen LogP contribution in [0.25, 0.3) is 0 Å². The van der Waals surface area contributed by atoms with Crippen molar-refractivity contribution in [3.63, 3.8) is 0 Å². The third-order valence-electron chi connectivity index (χ3n) is 2.68. The lowest BCUT2D eigenvalue weighted by atomic mass is 10.1. The highest BCUT2D eigenvalue weighted by atomic mass is 28.1. The van der Waals surface area contributed by atoms with Gasteiger partial charge in [0, 0.05) is 10.2 Å². The molecule has 0 fully saturated rings. The Morgan fingerprint density at radius 3 is 1.93 bits per heavy atom. The van der Waals surface area contributed by atoms with Gasteiger partial charge in [-0.1, -0.05) is 19.3 Å². The molecule has 0 radical (unpaired) electrons. The minimum atomic E-state index is 1.12. The van der Waals surface area contributed by atoms with Crippen LogP contribution in [0.1, 0.15) is 38.5 Å². The van der Waals surface area contributed by atoms with Crippen LogP contribution in [-0.2, 0) is 0 Å². The molecule has 0 aromatic heterocycles. The predicted octanol–water partition coefficient (Wildman–Crippen LogP) is 0.946. The van der Waals surface area contributed by atoms with Crippen LogP contribution >= 0.6 is 0 Å². The lowest BCUT2D eigenvalue weighted by Gasteiger charge is -2.23. The van der Waals surface area contributed by atoms with E-state index in [1.807, 2.05) is 0 Å². The van der Waals surface area contributed by atoms with Gasteiger partial charge in [0.2, 0.25) is 0 Å². The highest BCUT2D eigenvalue weighted by Gasteiger charge is 2.04. The minimum Gasteiger partial charge on any atom is -0.331 e. The third-order valence-corrected chi connectivity index (χ3v) is 3.18. The second kappa shape index (κ2) is 9.37. The van der Waals surface area contributed by atoms with Crippen LogP contribution in [0, 0.1) is 0 Å². The Labute approximate surface area is 99.4 Å². The first-order chi connectivity index (χ1) is 7.06. The topological polar surface area (TPSA) is 12.0 Å². The van der Waals surface area contributed by atoms with Gasteiger partial charge in [-0.25, -0.2) is 0 Å². The molecular weight excluding hydrogens is 200 g/mol. The SMILES string of the molecule is C[N+](C)(C)CCCCCCCCNC[SiH3]. The van der Waals surface area contributed by atoms with Gasteiger partial charge in [0.25, 0.3) is 0 Å². The molecule has 0 amide bonds. The van der Waals surface area contributed by atoms with Crippen molar-refractivity contribution in [1.82, 2.24) is 5.32 Å². The Bertz CT molecular complexity index is 132. The van der Waals surface area contributed by atoms with E-state index in [9.17, 15) is 0 Å². The van der Waals surface area contributed by atoms with E-state index < -0.39 is 0 Å². The summed E-state index contributed by atoms with van der Waals surface area (Å²) in [7, 11) is 8.12. The van der Waals surface area contributed by atoms with Crippen molar-refractivity contribution in [3.05, 3.63) is 0 Å². The standard InChI is InChI=1S/C12H31N2Si/c1-14(2,3)11-9-7-5-4-6-8-10-13-12-15/h13H,4-12H2,1-3,15H3/q+1. The van der Waals surface area contributed by atoms with Crippen LogP contribution in [0.4, 0.5) is 0 Å². The second-order valence-corrected chi connectivity index (χ2v) is 6.20. The van der Waals surface area contributed by atoms with Gasteiger partial charge in [-0.15, -0.1) is 0 Å². The number of rotatable bonds is 10. The number of quaternary nitrogens is 1. The Morgan fingerprint density at radius 1 is 0.867 bits per heavy atom. The Hall–Kier alpha value is 0.137. The summed E-state index contributed by atoms with van der Waals surface area (Å²) >= 11 is 0. The van der Waals surface area contributed by atoms with Crippen LogP contribution in [0.5, 0.6) is 0 Å². The average Bonchev–Trinajstić information content (AvgIpc) is 2.14. The van der Waals surface area contributed by atoms with Crippen molar-refractivity contribution in [2.45, 2.75) is 38.5 Å². The van der Waals surface area contributed by atoms with Gasteiger partial charge >= 0.3 is 0 Å². The fourth-order valence-electron chi connectivity index (χ4n) is 1.72. The van der Waals surface area contributed by atoms with Crippen LogP contribution < -0.4 is 5.32 Å². The van der Waals surface area contributed by atoms with Gasteiger partial charge in [-0.3, -0.25) is 0 Å². The van der Waals surface area contributed by atoms with Crippen molar-refractivity contribution in [2.24, 2.45) is 0 Å². The normalized spacial score (nSPS) is 12.2. The first-order valence-electron chi connectivity index (χ1n) is 6.57. The van der Waals surface area contributed by atoms with E-state index in [0.29, 0.717) is 0 Å². The maximum absolute atomic E-state index is 3.43. The molecule has 3 heteroatoms. The van der Waals surface area contributed by atoms with E-state index in [0.717, 1.165) is 4.48 Å². The molecule has 0 bridgehead atoms. The quantitative estimate of drug-likeness (QED) is 0.335. The molecule has 0 aromatic carbocycles. The van der Waals surface area contributed by atoms with Crippen molar-refractivity contribution >= 4 is 10.2 Å². The van der Waals surface area contributed by atoms with E-state index in [2.05, 4.69) is 26.5 Å². The van der Waals surface area contributed by atoms with Gasteiger partial charge in [0.1, 0.15) is 0 Å². The lowest BCUT2D eigenvalue weighted by Crippen LogP contribution is -2.35. The smallest absolute Gasteiger partial charge is 0.0780 e. The van der Waals surface area contributed by atoms with Crippen molar-refractivity contribution in [2.75, 3.05) is 40.4 Å². The Kier molecular flexibility index (Phi) is 9.45. The number of hydrogen-bond donors (Lipinski definition) is 1. The van der Waals surface area contributed by atoms with Gasteiger partial charge < -0.3 is 9.80 Å². The van der Waals surface area contributed by atoms with Crippen molar-refractivity contribution < 1.29 is 4.48 Å². The zero-order valence-electron chi connectivity index (χ0n) is 11.3. The Balaban J connectivity index is 2.99. The van der Waals surface area contributed by atoms with Crippen molar-refractivity contribution in [1.29, 1.82) is 0 Å². The molecule has 0 aromatic rings. The highest BCUT2D eigenvalue weighted by Crippen LogP contribution is 2.06. The second-order valence-electron chi connectivity index (χ2n) is 5.49. The molecule has 1 N–H and O–H groups in total. The summed E-state index contributed by atoms with van der Waals surface area (Å²) in [6, 6.07) is 0. The predicted molar refractivity (Wildman–Crippen MR) is 73.4 cm³/mol. The summed E-state index contributed by atoms with van der Waals surface area (Å²) < 4.78 is 1.12. The molecule has 92 valence electrons. The largest absolute Gasteiger partial charge is 0.331 e. The van der Waals surface area contributed by atoms with E-state index in [1.165, 1.54) is 68.0 Å². The van der Waals surface area contributed by atoms with E-state index >= 15 is 0 Å². The molecule has 0 spiro atoms. The molecule has 0 saturated carbocycles. The molecule has 0 atom stereocenters. The lowest BCUT2D eigenvalue weighted by molar-refractivity contribution is -0.870. The maximum atomic E-state index is 3.43.